The Morgan fingerprint density at radius 1 is 1.03 bits per heavy atom. The van der Waals surface area contributed by atoms with Crippen molar-refractivity contribution < 1.29 is 22.6 Å². The quantitative estimate of drug-likeness (QED) is 0.462. The Kier molecular flexibility index (Phi) is 8.35. The number of ether oxygens (including phenoxy) is 3. The smallest absolute Gasteiger partial charge is 0.203 e. The maximum atomic E-state index is 12.7. The Labute approximate surface area is 178 Å². The molecule has 164 valence electrons. The van der Waals surface area contributed by atoms with Crippen molar-refractivity contribution in [3.05, 3.63) is 42.5 Å². The summed E-state index contributed by atoms with van der Waals surface area (Å²) >= 11 is 0. The number of nitrogens with one attached hydrogen (secondary N) is 2. The summed E-state index contributed by atoms with van der Waals surface area (Å²) in [6.45, 7) is 1.92. The van der Waals surface area contributed by atoms with Crippen LogP contribution in [0.5, 0.6) is 17.2 Å². The van der Waals surface area contributed by atoms with Gasteiger partial charge in [0.2, 0.25) is 5.75 Å². The zero-order valence-electron chi connectivity index (χ0n) is 17.9. The van der Waals surface area contributed by atoms with Crippen LogP contribution >= 0.6 is 0 Å². The van der Waals surface area contributed by atoms with Gasteiger partial charge in [-0.3, -0.25) is 4.99 Å². The molecule has 8 nitrogen and oxygen atoms in total. The van der Waals surface area contributed by atoms with E-state index >= 15 is 0 Å². The van der Waals surface area contributed by atoms with Crippen LogP contribution in [0.25, 0.3) is 0 Å². The van der Waals surface area contributed by atoms with Crippen molar-refractivity contribution in [2.24, 2.45) is 4.99 Å². The predicted octanol–water partition coefficient (Wildman–Crippen LogP) is 2.95. The number of nitrogens with zero attached hydrogens (tertiary/aromatic N) is 1. The first-order valence-corrected chi connectivity index (χ1v) is 11.1. The Morgan fingerprint density at radius 3 is 2.10 bits per heavy atom. The van der Waals surface area contributed by atoms with E-state index in [1.54, 1.807) is 49.5 Å². The molecule has 0 saturated carbocycles. The predicted molar refractivity (Wildman–Crippen MR) is 119 cm³/mol. The highest BCUT2D eigenvalue weighted by molar-refractivity contribution is 7.91. The van der Waals surface area contributed by atoms with E-state index < -0.39 is 9.84 Å². The first-order chi connectivity index (χ1) is 14.4. The molecule has 1 atom stereocenters. The van der Waals surface area contributed by atoms with Gasteiger partial charge in [-0.05, 0) is 18.6 Å². The summed E-state index contributed by atoms with van der Waals surface area (Å²) in [5.41, 5.74) is 0.651. The van der Waals surface area contributed by atoms with Crippen molar-refractivity contribution in [2.75, 3.05) is 39.4 Å². The van der Waals surface area contributed by atoms with Gasteiger partial charge in [0.05, 0.1) is 32.0 Å². The van der Waals surface area contributed by atoms with Crippen molar-refractivity contribution in [3.63, 3.8) is 0 Å². The molecule has 0 saturated heterocycles. The number of sulfone groups is 1. The van der Waals surface area contributed by atoms with Gasteiger partial charge in [0.25, 0.3) is 0 Å². The largest absolute Gasteiger partial charge is 0.493 e. The molecule has 0 bridgehead atoms. The van der Waals surface area contributed by atoms with Gasteiger partial charge in [0, 0.05) is 30.9 Å². The molecule has 0 aliphatic carbocycles. The van der Waals surface area contributed by atoms with Crippen LogP contribution in [-0.4, -0.2) is 54.5 Å². The van der Waals surface area contributed by atoms with Gasteiger partial charge in [-0.25, -0.2) is 8.42 Å². The molecule has 0 amide bonds. The fourth-order valence-electron chi connectivity index (χ4n) is 2.89. The minimum Gasteiger partial charge on any atom is -0.493 e. The van der Waals surface area contributed by atoms with Crippen LogP contribution in [-0.2, 0) is 9.84 Å². The van der Waals surface area contributed by atoms with E-state index in [9.17, 15) is 8.42 Å². The average Bonchev–Trinajstić information content (AvgIpc) is 2.77. The lowest BCUT2D eigenvalue weighted by molar-refractivity contribution is 0.324. The number of hydrogen-bond acceptors (Lipinski definition) is 6. The van der Waals surface area contributed by atoms with Crippen molar-refractivity contribution >= 4 is 21.5 Å². The first-order valence-electron chi connectivity index (χ1n) is 9.46. The lowest BCUT2D eigenvalue weighted by Crippen LogP contribution is -2.42. The van der Waals surface area contributed by atoms with Gasteiger partial charge in [-0.2, -0.15) is 0 Å². The summed E-state index contributed by atoms with van der Waals surface area (Å²) in [5.74, 6) is 1.85. The summed E-state index contributed by atoms with van der Waals surface area (Å²) in [7, 11) is 2.80. The number of benzene rings is 2. The van der Waals surface area contributed by atoms with Crippen LogP contribution in [0.4, 0.5) is 5.69 Å². The third-order valence-corrected chi connectivity index (χ3v) is 6.34. The number of guanidine groups is 1. The number of hydrogen-bond donors (Lipinski definition) is 2. The van der Waals surface area contributed by atoms with Gasteiger partial charge in [0.15, 0.2) is 27.3 Å². The summed E-state index contributed by atoms with van der Waals surface area (Å²) in [4.78, 5) is 4.52. The second kappa shape index (κ2) is 10.7. The molecule has 0 heterocycles. The van der Waals surface area contributed by atoms with Gasteiger partial charge in [-0.1, -0.05) is 25.1 Å². The molecule has 0 aliphatic rings. The molecule has 9 heteroatoms. The zero-order valence-corrected chi connectivity index (χ0v) is 18.7. The molecule has 2 aromatic carbocycles. The SMILES string of the molecule is CCC(CS(=O)(=O)c1ccccc1)NC(=NC)Nc1cc(OC)c(OC)c(OC)c1. The second-order valence-electron chi connectivity index (χ2n) is 6.46. The molecule has 0 radical (unpaired) electrons. The minimum absolute atomic E-state index is 0.0521. The van der Waals surface area contributed by atoms with Crippen molar-refractivity contribution in [1.82, 2.24) is 5.32 Å². The van der Waals surface area contributed by atoms with Crippen LogP contribution in [0.3, 0.4) is 0 Å². The summed E-state index contributed by atoms with van der Waals surface area (Å²) in [6, 6.07) is 11.6. The van der Waals surface area contributed by atoms with Crippen molar-refractivity contribution in [3.8, 4) is 17.2 Å². The maximum Gasteiger partial charge on any atom is 0.203 e. The number of rotatable bonds is 9. The second-order valence-corrected chi connectivity index (χ2v) is 8.49. The molecule has 30 heavy (non-hydrogen) atoms. The summed E-state index contributed by atoms with van der Waals surface area (Å²) in [6.07, 6.45) is 0.599. The third kappa shape index (κ3) is 5.79. The molecular formula is C21H29N3O5S. The molecule has 0 aliphatic heterocycles. The highest BCUT2D eigenvalue weighted by Crippen LogP contribution is 2.39. The molecule has 2 rings (SSSR count). The monoisotopic (exact) mass is 435 g/mol. The minimum atomic E-state index is -3.43. The topological polar surface area (TPSA) is 98.3 Å². The fourth-order valence-corrected chi connectivity index (χ4v) is 4.50. The maximum absolute atomic E-state index is 12.7. The van der Waals surface area contributed by atoms with E-state index in [0.717, 1.165) is 0 Å². The Morgan fingerprint density at radius 2 is 1.63 bits per heavy atom. The fraction of sp³-hybridized carbons (Fsp3) is 0.381. The number of anilines is 1. The average molecular weight is 436 g/mol. The van der Waals surface area contributed by atoms with Crippen LogP contribution in [0.2, 0.25) is 0 Å². The molecule has 1 unspecified atom stereocenters. The lowest BCUT2D eigenvalue weighted by Gasteiger charge is -2.21. The van der Waals surface area contributed by atoms with Crippen LogP contribution in [0.15, 0.2) is 52.4 Å². The zero-order chi connectivity index (χ0) is 22.1. The number of methoxy groups -OCH3 is 3. The van der Waals surface area contributed by atoms with E-state index in [-0.39, 0.29) is 11.8 Å². The van der Waals surface area contributed by atoms with Crippen LogP contribution < -0.4 is 24.8 Å². The van der Waals surface area contributed by atoms with Gasteiger partial charge in [0.1, 0.15) is 0 Å². The summed E-state index contributed by atoms with van der Waals surface area (Å²) < 4.78 is 41.5. The third-order valence-electron chi connectivity index (χ3n) is 4.51. The van der Waals surface area contributed by atoms with E-state index in [1.165, 1.54) is 21.3 Å². The lowest BCUT2D eigenvalue weighted by atomic mass is 10.2. The molecule has 0 fully saturated rings. The molecular weight excluding hydrogens is 406 g/mol. The van der Waals surface area contributed by atoms with Gasteiger partial charge >= 0.3 is 0 Å². The molecule has 2 N–H and O–H groups in total. The Hall–Kier alpha value is -2.94. The van der Waals surface area contributed by atoms with Crippen LogP contribution in [0.1, 0.15) is 13.3 Å². The van der Waals surface area contributed by atoms with Crippen LogP contribution in [0, 0.1) is 0 Å². The highest BCUT2D eigenvalue weighted by atomic mass is 32.2. The standard InChI is InChI=1S/C21H29N3O5S/c1-6-15(14-30(25,26)17-10-8-7-9-11-17)23-21(22-2)24-16-12-18(27-3)20(29-5)19(13-16)28-4/h7-13,15H,6,14H2,1-5H3,(H2,22,23,24). The van der Waals surface area contributed by atoms with Gasteiger partial charge < -0.3 is 24.8 Å². The Balaban J connectivity index is 2.18. The van der Waals surface area contributed by atoms with E-state index in [0.29, 0.717) is 40.2 Å². The van der Waals surface area contributed by atoms with E-state index in [2.05, 4.69) is 15.6 Å². The van der Waals surface area contributed by atoms with E-state index in [4.69, 9.17) is 14.2 Å². The van der Waals surface area contributed by atoms with Crippen molar-refractivity contribution in [1.29, 1.82) is 0 Å². The molecule has 2 aromatic rings. The number of aliphatic imine (C=N–C) groups is 1. The molecule has 0 spiro atoms. The molecule has 0 aromatic heterocycles. The highest BCUT2D eigenvalue weighted by Gasteiger charge is 2.21. The summed E-state index contributed by atoms with van der Waals surface area (Å²) in [5, 5.41) is 6.33. The van der Waals surface area contributed by atoms with Gasteiger partial charge in [-0.15, -0.1) is 0 Å². The van der Waals surface area contributed by atoms with Crippen molar-refractivity contribution in [2.45, 2.75) is 24.3 Å². The Bertz CT molecular complexity index is 937. The van der Waals surface area contributed by atoms with E-state index in [1.807, 2.05) is 6.92 Å². The first kappa shape index (κ1) is 23.3. The normalized spacial score (nSPS) is 12.8.